The highest BCUT2D eigenvalue weighted by molar-refractivity contribution is 6.31. The molecule has 2 unspecified atom stereocenters. The molecule has 0 aliphatic carbocycles. The largest absolute Gasteiger partial charge is 0.479 e. The number of aliphatic hydroxyl groups excluding tert-OH is 1. The SMILES string of the molecule is Cc1nn(-c2ccc(C(=O)NC(Cc3ccccc3)C(O)C(=O)O)cc2)c(C)c1Cl. The van der Waals surface area contributed by atoms with E-state index in [1.165, 1.54) is 0 Å². The van der Waals surface area contributed by atoms with Crippen molar-refractivity contribution < 1.29 is 19.8 Å². The van der Waals surface area contributed by atoms with Crippen molar-refractivity contribution in [2.45, 2.75) is 32.4 Å². The summed E-state index contributed by atoms with van der Waals surface area (Å²) in [6.45, 7) is 3.67. The van der Waals surface area contributed by atoms with E-state index in [2.05, 4.69) is 10.4 Å². The van der Waals surface area contributed by atoms with E-state index in [1.54, 1.807) is 28.9 Å². The van der Waals surface area contributed by atoms with E-state index >= 15 is 0 Å². The maximum absolute atomic E-state index is 12.7. The summed E-state index contributed by atoms with van der Waals surface area (Å²) >= 11 is 6.19. The topological polar surface area (TPSA) is 104 Å². The zero-order chi connectivity index (χ0) is 21.8. The number of aromatic nitrogens is 2. The van der Waals surface area contributed by atoms with Gasteiger partial charge in [0.25, 0.3) is 5.91 Å². The van der Waals surface area contributed by atoms with E-state index in [1.807, 2.05) is 44.2 Å². The molecule has 0 fully saturated rings. The highest BCUT2D eigenvalue weighted by Crippen LogP contribution is 2.22. The number of aliphatic carboxylic acids is 1. The molecule has 1 aromatic heterocycles. The molecule has 0 saturated heterocycles. The molecular formula is C22H22ClN3O4. The number of halogens is 1. The third-order valence-electron chi connectivity index (χ3n) is 4.83. The fourth-order valence-electron chi connectivity index (χ4n) is 3.16. The van der Waals surface area contributed by atoms with Crippen LogP contribution in [0, 0.1) is 13.8 Å². The van der Waals surface area contributed by atoms with Gasteiger partial charge in [0, 0.05) is 5.56 Å². The minimum Gasteiger partial charge on any atom is -0.479 e. The van der Waals surface area contributed by atoms with Gasteiger partial charge in [0.2, 0.25) is 0 Å². The van der Waals surface area contributed by atoms with E-state index in [9.17, 15) is 19.8 Å². The number of hydrogen-bond donors (Lipinski definition) is 3. The molecule has 3 N–H and O–H groups in total. The van der Waals surface area contributed by atoms with Gasteiger partial charge in [-0.3, -0.25) is 4.79 Å². The van der Waals surface area contributed by atoms with Crippen molar-refractivity contribution in [3.05, 3.63) is 82.1 Å². The summed E-state index contributed by atoms with van der Waals surface area (Å²) in [6.07, 6.45) is -1.55. The Kier molecular flexibility index (Phi) is 6.54. The van der Waals surface area contributed by atoms with Crippen LogP contribution in [-0.2, 0) is 11.2 Å². The van der Waals surface area contributed by atoms with Gasteiger partial charge in [0.15, 0.2) is 6.10 Å². The highest BCUT2D eigenvalue weighted by atomic mass is 35.5. The van der Waals surface area contributed by atoms with Gasteiger partial charge in [0.05, 0.1) is 28.1 Å². The van der Waals surface area contributed by atoms with E-state index in [-0.39, 0.29) is 6.42 Å². The monoisotopic (exact) mass is 427 g/mol. The molecule has 2 aromatic carbocycles. The van der Waals surface area contributed by atoms with Crippen molar-refractivity contribution in [3.63, 3.8) is 0 Å². The summed E-state index contributed by atoms with van der Waals surface area (Å²) in [5, 5.41) is 26.9. The van der Waals surface area contributed by atoms with Gasteiger partial charge >= 0.3 is 5.97 Å². The summed E-state index contributed by atoms with van der Waals surface area (Å²) in [6, 6.07) is 14.8. The van der Waals surface area contributed by atoms with Gasteiger partial charge in [-0.25, -0.2) is 9.48 Å². The number of hydrogen-bond acceptors (Lipinski definition) is 4. The summed E-state index contributed by atoms with van der Waals surface area (Å²) in [5.41, 5.74) is 3.38. The summed E-state index contributed by atoms with van der Waals surface area (Å²) in [4.78, 5) is 24.0. The summed E-state index contributed by atoms with van der Waals surface area (Å²) < 4.78 is 1.69. The predicted molar refractivity (Wildman–Crippen MR) is 113 cm³/mol. The van der Waals surface area contributed by atoms with E-state index in [0.717, 1.165) is 16.9 Å². The molecule has 3 rings (SSSR count). The van der Waals surface area contributed by atoms with Gasteiger partial charge in [-0.1, -0.05) is 41.9 Å². The number of rotatable bonds is 7. The van der Waals surface area contributed by atoms with E-state index in [4.69, 9.17) is 11.6 Å². The molecular weight excluding hydrogens is 406 g/mol. The first kappa shape index (κ1) is 21.5. The number of benzene rings is 2. The number of carboxylic acids is 1. The maximum Gasteiger partial charge on any atom is 0.334 e. The second-order valence-corrected chi connectivity index (χ2v) is 7.37. The smallest absolute Gasteiger partial charge is 0.334 e. The molecule has 8 heteroatoms. The normalized spacial score (nSPS) is 12.9. The summed E-state index contributed by atoms with van der Waals surface area (Å²) in [7, 11) is 0. The first-order valence-corrected chi connectivity index (χ1v) is 9.73. The summed E-state index contributed by atoms with van der Waals surface area (Å²) in [5.74, 6) is -1.87. The molecule has 7 nitrogen and oxygen atoms in total. The standard InChI is InChI=1S/C22H22ClN3O4/c1-13-19(23)14(2)26(25-13)17-10-8-16(9-11-17)21(28)24-18(20(27)22(29)30)12-15-6-4-3-5-7-15/h3-11,18,20,27H,12H2,1-2H3,(H,24,28)(H,29,30). The van der Waals surface area contributed by atoms with Crippen molar-refractivity contribution >= 4 is 23.5 Å². The van der Waals surface area contributed by atoms with Gasteiger partial charge in [-0.15, -0.1) is 0 Å². The van der Waals surface area contributed by atoms with E-state index < -0.39 is 24.0 Å². The van der Waals surface area contributed by atoms with Crippen LogP contribution in [-0.4, -0.2) is 44.0 Å². The Bertz CT molecular complexity index is 1050. The number of nitrogens with zero attached hydrogens (tertiary/aromatic N) is 2. The molecule has 0 saturated carbocycles. The molecule has 0 radical (unpaired) electrons. The van der Waals surface area contributed by atoms with Crippen LogP contribution in [0.1, 0.15) is 27.3 Å². The number of amides is 1. The molecule has 1 heterocycles. The van der Waals surface area contributed by atoms with Gasteiger partial charge in [-0.2, -0.15) is 5.10 Å². The number of carboxylic acid groups (broad SMARTS) is 1. The third kappa shape index (κ3) is 4.69. The molecule has 0 aliphatic heterocycles. The lowest BCUT2D eigenvalue weighted by Gasteiger charge is -2.22. The number of carbonyl (C=O) groups is 2. The van der Waals surface area contributed by atoms with Crippen molar-refractivity contribution in [1.29, 1.82) is 0 Å². The van der Waals surface area contributed by atoms with Crippen LogP contribution >= 0.6 is 11.6 Å². The van der Waals surface area contributed by atoms with Crippen molar-refractivity contribution in [2.24, 2.45) is 0 Å². The fraction of sp³-hybridized carbons (Fsp3) is 0.227. The second-order valence-electron chi connectivity index (χ2n) is 7.00. The first-order chi connectivity index (χ1) is 14.3. The van der Waals surface area contributed by atoms with Crippen LogP contribution in [0.25, 0.3) is 5.69 Å². The van der Waals surface area contributed by atoms with Crippen LogP contribution in [0.4, 0.5) is 0 Å². The Morgan fingerprint density at radius 2 is 1.73 bits per heavy atom. The Hall–Kier alpha value is -3.16. The zero-order valence-electron chi connectivity index (χ0n) is 16.5. The zero-order valence-corrected chi connectivity index (χ0v) is 17.3. The molecule has 3 aromatic rings. The second kappa shape index (κ2) is 9.11. The van der Waals surface area contributed by atoms with Crippen LogP contribution < -0.4 is 5.32 Å². The molecule has 156 valence electrons. The minimum absolute atomic E-state index is 0.183. The number of carbonyl (C=O) groups excluding carboxylic acids is 1. The van der Waals surface area contributed by atoms with Gasteiger partial charge in [0.1, 0.15) is 0 Å². The Morgan fingerprint density at radius 3 is 2.27 bits per heavy atom. The van der Waals surface area contributed by atoms with Crippen molar-refractivity contribution in [2.75, 3.05) is 0 Å². The van der Waals surface area contributed by atoms with Crippen LogP contribution in [0.15, 0.2) is 54.6 Å². The molecule has 0 aliphatic rings. The first-order valence-electron chi connectivity index (χ1n) is 9.35. The van der Waals surface area contributed by atoms with Gasteiger partial charge in [-0.05, 0) is 50.1 Å². The van der Waals surface area contributed by atoms with Crippen molar-refractivity contribution in [1.82, 2.24) is 15.1 Å². The predicted octanol–water partition coefficient (Wildman–Crippen LogP) is 2.93. The van der Waals surface area contributed by atoms with Crippen molar-refractivity contribution in [3.8, 4) is 5.69 Å². The number of nitrogens with one attached hydrogen (secondary N) is 1. The van der Waals surface area contributed by atoms with Crippen LogP contribution in [0.2, 0.25) is 5.02 Å². The molecule has 1 amide bonds. The molecule has 0 spiro atoms. The van der Waals surface area contributed by atoms with Crippen LogP contribution in [0.5, 0.6) is 0 Å². The number of aryl methyl sites for hydroxylation is 1. The maximum atomic E-state index is 12.7. The minimum atomic E-state index is -1.73. The molecule has 30 heavy (non-hydrogen) atoms. The van der Waals surface area contributed by atoms with E-state index in [0.29, 0.717) is 16.3 Å². The average Bonchev–Trinajstić information content (AvgIpc) is 3.00. The lowest BCUT2D eigenvalue weighted by molar-refractivity contribution is -0.148. The quantitative estimate of drug-likeness (QED) is 0.537. The Balaban J connectivity index is 1.78. The lowest BCUT2D eigenvalue weighted by atomic mass is 10.0. The molecule has 0 bridgehead atoms. The fourth-order valence-corrected chi connectivity index (χ4v) is 3.28. The molecule has 2 atom stereocenters. The third-order valence-corrected chi connectivity index (χ3v) is 5.37. The Morgan fingerprint density at radius 1 is 1.10 bits per heavy atom. The number of aliphatic hydroxyl groups is 1. The van der Waals surface area contributed by atoms with Gasteiger partial charge < -0.3 is 15.5 Å². The Labute approximate surface area is 178 Å². The lowest BCUT2D eigenvalue weighted by Crippen LogP contribution is -2.48. The average molecular weight is 428 g/mol. The highest BCUT2D eigenvalue weighted by Gasteiger charge is 2.28. The van der Waals surface area contributed by atoms with Crippen LogP contribution in [0.3, 0.4) is 0 Å².